The Morgan fingerprint density at radius 1 is 1.38 bits per heavy atom. The Kier molecular flexibility index (Phi) is 3.98. The first-order chi connectivity index (χ1) is 10.3. The number of fused-ring (bicyclic) bond motifs is 1. The van der Waals surface area contributed by atoms with Crippen LogP contribution in [0.1, 0.15) is 15.9 Å². The summed E-state index contributed by atoms with van der Waals surface area (Å²) in [6, 6.07) is 5.52. The zero-order chi connectivity index (χ0) is 14.7. The SMILES string of the molecule is O=C(c1ccn2ccnc2c1)N(CCO)Cc1ccsc1. The molecule has 1 amide bonds. The van der Waals surface area contributed by atoms with Crippen molar-refractivity contribution in [2.24, 2.45) is 0 Å². The van der Waals surface area contributed by atoms with Gasteiger partial charge in [0.2, 0.25) is 0 Å². The van der Waals surface area contributed by atoms with Gasteiger partial charge in [-0.3, -0.25) is 4.79 Å². The van der Waals surface area contributed by atoms with Crippen LogP contribution < -0.4 is 0 Å². The largest absolute Gasteiger partial charge is 0.395 e. The van der Waals surface area contributed by atoms with Crippen LogP contribution in [0.2, 0.25) is 0 Å². The molecule has 21 heavy (non-hydrogen) atoms. The van der Waals surface area contributed by atoms with Gasteiger partial charge < -0.3 is 14.4 Å². The number of hydrogen-bond acceptors (Lipinski definition) is 4. The molecule has 3 heterocycles. The summed E-state index contributed by atoms with van der Waals surface area (Å²) in [4.78, 5) is 18.4. The number of nitrogens with zero attached hydrogens (tertiary/aromatic N) is 3. The van der Waals surface area contributed by atoms with Crippen LogP contribution in [0.15, 0.2) is 47.5 Å². The average molecular weight is 301 g/mol. The normalized spacial score (nSPS) is 10.9. The molecule has 0 bridgehead atoms. The van der Waals surface area contributed by atoms with E-state index in [4.69, 9.17) is 0 Å². The van der Waals surface area contributed by atoms with Gasteiger partial charge in [0.25, 0.3) is 5.91 Å². The smallest absolute Gasteiger partial charge is 0.254 e. The molecule has 0 atom stereocenters. The summed E-state index contributed by atoms with van der Waals surface area (Å²) in [6.45, 7) is 0.762. The van der Waals surface area contributed by atoms with Gasteiger partial charge in [-0.1, -0.05) is 0 Å². The summed E-state index contributed by atoms with van der Waals surface area (Å²) in [5.41, 5.74) is 2.39. The fourth-order valence-electron chi connectivity index (χ4n) is 2.20. The fraction of sp³-hybridized carbons (Fsp3) is 0.200. The number of carbonyl (C=O) groups excluding carboxylic acids is 1. The van der Waals surface area contributed by atoms with E-state index in [1.165, 1.54) is 0 Å². The predicted molar refractivity (Wildman–Crippen MR) is 81.3 cm³/mol. The van der Waals surface area contributed by atoms with Crippen molar-refractivity contribution in [1.82, 2.24) is 14.3 Å². The van der Waals surface area contributed by atoms with Crippen LogP contribution in [0.3, 0.4) is 0 Å². The third-order valence-electron chi connectivity index (χ3n) is 3.26. The van der Waals surface area contributed by atoms with Crippen LogP contribution in [-0.4, -0.2) is 38.4 Å². The Balaban J connectivity index is 1.85. The minimum absolute atomic E-state index is 0.0541. The minimum atomic E-state index is -0.0965. The van der Waals surface area contributed by atoms with Crippen LogP contribution in [0.25, 0.3) is 5.65 Å². The lowest BCUT2D eigenvalue weighted by Gasteiger charge is -2.21. The lowest BCUT2D eigenvalue weighted by atomic mass is 10.2. The number of imidazole rings is 1. The molecule has 108 valence electrons. The number of thiophene rings is 1. The fourth-order valence-corrected chi connectivity index (χ4v) is 2.86. The molecule has 0 aliphatic heterocycles. The van der Waals surface area contributed by atoms with E-state index in [0.717, 1.165) is 11.2 Å². The summed E-state index contributed by atoms with van der Waals surface area (Å²) in [6.07, 6.45) is 5.35. The maximum atomic E-state index is 12.6. The van der Waals surface area contributed by atoms with Gasteiger partial charge in [-0.05, 0) is 34.5 Å². The van der Waals surface area contributed by atoms with E-state index in [1.54, 1.807) is 34.6 Å². The molecule has 0 saturated carbocycles. The van der Waals surface area contributed by atoms with Crippen LogP contribution >= 0.6 is 11.3 Å². The highest BCUT2D eigenvalue weighted by Gasteiger charge is 2.16. The molecule has 0 saturated heterocycles. The Bertz CT molecular complexity index is 736. The molecule has 0 fully saturated rings. The molecule has 3 aromatic rings. The van der Waals surface area contributed by atoms with E-state index in [2.05, 4.69) is 4.98 Å². The van der Waals surface area contributed by atoms with Gasteiger partial charge in [0.15, 0.2) is 0 Å². The molecule has 0 unspecified atom stereocenters. The van der Waals surface area contributed by atoms with E-state index >= 15 is 0 Å². The van der Waals surface area contributed by atoms with Crippen molar-refractivity contribution in [3.05, 3.63) is 58.7 Å². The molecule has 6 heteroatoms. The topological polar surface area (TPSA) is 57.8 Å². The second-order valence-corrected chi connectivity index (χ2v) is 5.47. The molecular formula is C15H15N3O2S. The Morgan fingerprint density at radius 3 is 3.05 bits per heavy atom. The quantitative estimate of drug-likeness (QED) is 0.784. The molecule has 0 radical (unpaired) electrons. The second kappa shape index (κ2) is 6.07. The molecule has 3 aromatic heterocycles. The standard InChI is InChI=1S/C15H15N3O2S/c19-7-6-18(10-12-2-8-21-11-12)15(20)13-1-4-17-5-3-16-14(17)9-13/h1-5,8-9,11,19H,6-7,10H2. The molecule has 0 aromatic carbocycles. The predicted octanol–water partition coefficient (Wildman–Crippen LogP) is 2.03. The van der Waals surface area contributed by atoms with E-state index in [0.29, 0.717) is 18.7 Å². The van der Waals surface area contributed by atoms with Crippen LogP contribution in [0.4, 0.5) is 0 Å². The monoisotopic (exact) mass is 301 g/mol. The van der Waals surface area contributed by atoms with Gasteiger partial charge in [0.05, 0.1) is 6.61 Å². The van der Waals surface area contributed by atoms with Gasteiger partial charge in [-0.25, -0.2) is 4.98 Å². The molecule has 0 aliphatic carbocycles. The molecule has 1 N–H and O–H groups in total. The van der Waals surface area contributed by atoms with Crippen LogP contribution in [0.5, 0.6) is 0 Å². The van der Waals surface area contributed by atoms with E-state index < -0.39 is 0 Å². The van der Waals surface area contributed by atoms with Crippen molar-refractivity contribution in [2.75, 3.05) is 13.2 Å². The van der Waals surface area contributed by atoms with Gasteiger partial charge >= 0.3 is 0 Å². The number of hydrogen-bond donors (Lipinski definition) is 1. The second-order valence-electron chi connectivity index (χ2n) is 4.69. The van der Waals surface area contributed by atoms with Gasteiger partial charge in [-0.15, -0.1) is 0 Å². The number of aliphatic hydroxyl groups excluding tert-OH is 1. The first kappa shape index (κ1) is 13.8. The van der Waals surface area contributed by atoms with E-state index in [9.17, 15) is 9.90 Å². The first-order valence-electron chi connectivity index (χ1n) is 6.62. The van der Waals surface area contributed by atoms with Gasteiger partial charge in [-0.2, -0.15) is 11.3 Å². The highest BCUT2D eigenvalue weighted by atomic mass is 32.1. The third kappa shape index (κ3) is 2.96. The summed E-state index contributed by atoms with van der Waals surface area (Å²) in [5.74, 6) is -0.0965. The zero-order valence-corrected chi connectivity index (χ0v) is 12.2. The van der Waals surface area contributed by atoms with Crippen molar-refractivity contribution < 1.29 is 9.90 Å². The maximum Gasteiger partial charge on any atom is 0.254 e. The number of rotatable bonds is 5. The Labute approximate surface area is 126 Å². The highest BCUT2D eigenvalue weighted by Crippen LogP contribution is 2.13. The highest BCUT2D eigenvalue weighted by molar-refractivity contribution is 7.07. The lowest BCUT2D eigenvalue weighted by Crippen LogP contribution is -2.33. The van der Waals surface area contributed by atoms with Gasteiger partial charge in [0.1, 0.15) is 5.65 Å². The average Bonchev–Trinajstić information content (AvgIpc) is 3.16. The van der Waals surface area contributed by atoms with Crippen molar-refractivity contribution in [3.8, 4) is 0 Å². The summed E-state index contributed by atoms with van der Waals surface area (Å²) in [7, 11) is 0. The van der Waals surface area contributed by atoms with Gasteiger partial charge in [0, 0.05) is 37.2 Å². The number of amides is 1. The third-order valence-corrected chi connectivity index (χ3v) is 3.99. The molecular weight excluding hydrogens is 286 g/mol. The van der Waals surface area contributed by atoms with Crippen molar-refractivity contribution in [3.63, 3.8) is 0 Å². The molecule has 5 nitrogen and oxygen atoms in total. The molecule has 0 spiro atoms. The number of aliphatic hydroxyl groups is 1. The Morgan fingerprint density at radius 2 is 2.29 bits per heavy atom. The minimum Gasteiger partial charge on any atom is -0.395 e. The van der Waals surface area contributed by atoms with Crippen molar-refractivity contribution in [1.29, 1.82) is 0 Å². The number of carbonyl (C=O) groups is 1. The maximum absolute atomic E-state index is 12.6. The Hall–Kier alpha value is -2.18. The van der Waals surface area contributed by atoms with E-state index in [1.807, 2.05) is 33.6 Å². The van der Waals surface area contributed by atoms with Crippen LogP contribution in [0, 0.1) is 0 Å². The number of pyridine rings is 1. The zero-order valence-electron chi connectivity index (χ0n) is 11.3. The first-order valence-corrected chi connectivity index (χ1v) is 7.56. The van der Waals surface area contributed by atoms with Crippen LogP contribution in [-0.2, 0) is 6.54 Å². The summed E-state index contributed by atoms with van der Waals surface area (Å²) in [5, 5.41) is 13.2. The molecule has 0 aliphatic rings. The summed E-state index contributed by atoms with van der Waals surface area (Å²) >= 11 is 1.60. The van der Waals surface area contributed by atoms with E-state index in [-0.39, 0.29) is 12.5 Å². The number of aromatic nitrogens is 2. The lowest BCUT2D eigenvalue weighted by molar-refractivity contribution is 0.0708. The molecule has 3 rings (SSSR count). The van der Waals surface area contributed by atoms with Crippen molar-refractivity contribution >= 4 is 22.9 Å². The summed E-state index contributed by atoms with van der Waals surface area (Å²) < 4.78 is 1.85. The van der Waals surface area contributed by atoms with Crippen molar-refractivity contribution in [2.45, 2.75) is 6.54 Å².